The summed E-state index contributed by atoms with van der Waals surface area (Å²) in [5, 5.41) is 0. The Kier molecular flexibility index (Phi) is 5.81. The molecule has 138 valence electrons. The van der Waals surface area contributed by atoms with E-state index in [0.717, 1.165) is 5.69 Å². The first-order valence-corrected chi connectivity index (χ1v) is 9.03. The minimum atomic E-state index is -0.159. The number of carbonyl (C=O) groups excluding carboxylic acids is 1. The van der Waals surface area contributed by atoms with E-state index in [1.807, 2.05) is 48.5 Å². The van der Waals surface area contributed by atoms with Gasteiger partial charge in [-0.3, -0.25) is 4.79 Å². The Morgan fingerprint density at radius 2 is 1.59 bits per heavy atom. The fourth-order valence-electron chi connectivity index (χ4n) is 2.81. The Morgan fingerprint density at radius 3 is 2.22 bits per heavy atom. The van der Waals surface area contributed by atoms with Crippen LogP contribution in [-0.2, 0) is 6.54 Å². The van der Waals surface area contributed by atoms with Crippen molar-refractivity contribution in [2.45, 2.75) is 26.4 Å². The van der Waals surface area contributed by atoms with Gasteiger partial charge in [-0.15, -0.1) is 0 Å². The summed E-state index contributed by atoms with van der Waals surface area (Å²) >= 11 is 0. The van der Waals surface area contributed by atoms with Crippen molar-refractivity contribution >= 4 is 17.5 Å². The molecule has 0 aliphatic carbocycles. The van der Waals surface area contributed by atoms with Gasteiger partial charge in [-0.25, -0.2) is 9.97 Å². The van der Waals surface area contributed by atoms with Crippen molar-refractivity contribution in [1.29, 1.82) is 0 Å². The van der Waals surface area contributed by atoms with Crippen molar-refractivity contribution in [1.82, 2.24) is 9.97 Å². The van der Waals surface area contributed by atoms with Crippen LogP contribution in [0.25, 0.3) is 0 Å². The van der Waals surface area contributed by atoms with E-state index in [9.17, 15) is 4.79 Å². The number of carbonyl (C=O) groups is 1. The summed E-state index contributed by atoms with van der Waals surface area (Å²) in [6, 6.07) is 21.6. The average molecular weight is 360 g/mol. The van der Waals surface area contributed by atoms with E-state index >= 15 is 0 Å². The topological polar surface area (TPSA) is 49.3 Å². The van der Waals surface area contributed by atoms with E-state index in [2.05, 4.69) is 40.8 Å². The number of benzene rings is 2. The van der Waals surface area contributed by atoms with E-state index in [-0.39, 0.29) is 11.9 Å². The molecule has 1 amide bonds. The molecule has 0 saturated carbocycles. The van der Waals surface area contributed by atoms with E-state index in [0.29, 0.717) is 18.2 Å². The molecule has 1 aromatic heterocycles. The largest absolute Gasteiger partial charge is 0.334 e. The van der Waals surface area contributed by atoms with Crippen molar-refractivity contribution < 1.29 is 4.79 Å². The van der Waals surface area contributed by atoms with E-state index in [1.54, 1.807) is 24.2 Å². The van der Waals surface area contributed by atoms with Gasteiger partial charge in [-0.05, 0) is 37.6 Å². The number of para-hydroxylation sites is 1. The lowest BCUT2D eigenvalue weighted by Crippen LogP contribution is -2.33. The van der Waals surface area contributed by atoms with Crippen LogP contribution in [0.4, 0.5) is 11.6 Å². The number of hydrogen-bond donors (Lipinski definition) is 0. The third-order valence-corrected chi connectivity index (χ3v) is 4.39. The van der Waals surface area contributed by atoms with Gasteiger partial charge >= 0.3 is 0 Å². The summed E-state index contributed by atoms with van der Waals surface area (Å²) in [5.74, 6) is 0.398. The molecule has 0 saturated heterocycles. The lowest BCUT2D eigenvalue weighted by Gasteiger charge is -2.27. The molecular weight excluding hydrogens is 336 g/mol. The second-order valence-corrected chi connectivity index (χ2v) is 6.65. The van der Waals surface area contributed by atoms with Gasteiger partial charge in [-0.2, -0.15) is 0 Å². The van der Waals surface area contributed by atoms with Gasteiger partial charge in [0.05, 0.1) is 0 Å². The van der Waals surface area contributed by atoms with Crippen LogP contribution in [0, 0.1) is 0 Å². The highest BCUT2D eigenvalue weighted by molar-refractivity contribution is 6.04. The smallest absolute Gasteiger partial charge is 0.276 e. The Hall–Kier alpha value is -3.21. The summed E-state index contributed by atoms with van der Waals surface area (Å²) in [7, 11) is 1.75. The Labute approximate surface area is 160 Å². The average Bonchev–Trinajstić information content (AvgIpc) is 2.72. The number of rotatable bonds is 6. The van der Waals surface area contributed by atoms with Crippen LogP contribution in [-0.4, -0.2) is 29.0 Å². The van der Waals surface area contributed by atoms with Gasteiger partial charge in [0, 0.05) is 31.5 Å². The summed E-state index contributed by atoms with van der Waals surface area (Å²) in [6.45, 7) is 4.87. The van der Waals surface area contributed by atoms with Gasteiger partial charge in [0.2, 0.25) is 5.95 Å². The molecule has 0 fully saturated rings. The fourth-order valence-corrected chi connectivity index (χ4v) is 2.81. The van der Waals surface area contributed by atoms with Crippen LogP contribution >= 0.6 is 0 Å². The lowest BCUT2D eigenvalue weighted by molar-refractivity contribution is 0.0988. The van der Waals surface area contributed by atoms with Gasteiger partial charge in [0.15, 0.2) is 0 Å². The van der Waals surface area contributed by atoms with Crippen molar-refractivity contribution in [2.24, 2.45) is 0 Å². The third-order valence-electron chi connectivity index (χ3n) is 4.39. The second kappa shape index (κ2) is 8.45. The number of anilines is 2. The minimum absolute atomic E-state index is 0.159. The zero-order valence-corrected chi connectivity index (χ0v) is 15.9. The summed E-state index contributed by atoms with van der Waals surface area (Å²) in [6.07, 6.45) is 1.65. The first kappa shape index (κ1) is 18.6. The predicted octanol–water partition coefficient (Wildman–Crippen LogP) is 4.17. The van der Waals surface area contributed by atoms with Crippen LogP contribution in [0.5, 0.6) is 0 Å². The quantitative estimate of drug-likeness (QED) is 0.662. The Bertz CT molecular complexity index is 881. The predicted molar refractivity (Wildman–Crippen MR) is 109 cm³/mol. The first-order chi connectivity index (χ1) is 13.1. The molecule has 27 heavy (non-hydrogen) atoms. The molecule has 0 spiro atoms. The molecule has 3 aromatic rings. The second-order valence-electron chi connectivity index (χ2n) is 6.65. The zero-order chi connectivity index (χ0) is 19.2. The van der Waals surface area contributed by atoms with E-state index < -0.39 is 0 Å². The summed E-state index contributed by atoms with van der Waals surface area (Å²) < 4.78 is 0. The number of nitrogens with zero attached hydrogens (tertiary/aromatic N) is 4. The maximum Gasteiger partial charge on any atom is 0.276 e. The third kappa shape index (κ3) is 4.50. The van der Waals surface area contributed by atoms with E-state index in [4.69, 9.17) is 0 Å². The van der Waals surface area contributed by atoms with Gasteiger partial charge in [0.1, 0.15) is 5.69 Å². The molecule has 0 aliphatic rings. The SMILES string of the molecule is CC(C)N(Cc1ccccc1)c1nccc(C(=O)N(C)c2ccccc2)n1. The van der Waals surface area contributed by atoms with Crippen LogP contribution in [0.3, 0.4) is 0 Å². The first-order valence-electron chi connectivity index (χ1n) is 9.03. The van der Waals surface area contributed by atoms with Crippen LogP contribution < -0.4 is 9.80 Å². The molecule has 5 heteroatoms. The molecule has 0 radical (unpaired) electrons. The van der Waals surface area contributed by atoms with E-state index in [1.165, 1.54) is 5.56 Å². The fraction of sp³-hybridized carbons (Fsp3) is 0.227. The van der Waals surface area contributed by atoms with Crippen LogP contribution in [0.2, 0.25) is 0 Å². The Balaban J connectivity index is 1.85. The van der Waals surface area contributed by atoms with Gasteiger partial charge < -0.3 is 9.80 Å². The van der Waals surface area contributed by atoms with Crippen LogP contribution in [0.1, 0.15) is 29.9 Å². The summed E-state index contributed by atoms with van der Waals surface area (Å²) in [4.78, 5) is 25.5. The number of aromatic nitrogens is 2. The van der Waals surface area contributed by atoms with Gasteiger partial charge in [0.25, 0.3) is 5.91 Å². The van der Waals surface area contributed by atoms with Crippen molar-refractivity contribution in [3.63, 3.8) is 0 Å². The summed E-state index contributed by atoms with van der Waals surface area (Å²) in [5.41, 5.74) is 2.38. The molecule has 0 aliphatic heterocycles. The molecule has 1 heterocycles. The zero-order valence-electron chi connectivity index (χ0n) is 15.9. The molecule has 0 N–H and O–H groups in total. The van der Waals surface area contributed by atoms with Crippen LogP contribution in [0.15, 0.2) is 72.9 Å². The molecular formula is C22H24N4O. The minimum Gasteiger partial charge on any atom is -0.334 e. The molecule has 0 bridgehead atoms. The molecule has 5 nitrogen and oxygen atoms in total. The van der Waals surface area contributed by atoms with Crippen molar-refractivity contribution in [3.8, 4) is 0 Å². The lowest BCUT2D eigenvalue weighted by atomic mass is 10.2. The highest BCUT2D eigenvalue weighted by atomic mass is 16.2. The maximum absolute atomic E-state index is 12.9. The standard InChI is InChI=1S/C22H24N4O/c1-17(2)26(16-18-10-6-4-7-11-18)22-23-15-14-20(24-22)21(27)25(3)19-12-8-5-9-13-19/h4-15,17H,16H2,1-3H3. The number of amides is 1. The number of hydrogen-bond acceptors (Lipinski definition) is 4. The highest BCUT2D eigenvalue weighted by Crippen LogP contribution is 2.18. The van der Waals surface area contributed by atoms with Crippen molar-refractivity contribution in [2.75, 3.05) is 16.8 Å². The highest BCUT2D eigenvalue weighted by Gasteiger charge is 2.19. The molecule has 0 unspecified atom stereocenters. The van der Waals surface area contributed by atoms with Gasteiger partial charge in [-0.1, -0.05) is 48.5 Å². The Morgan fingerprint density at radius 1 is 0.963 bits per heavy atom. The molecule has 2 aromatic carbocycles. The van der Waals surface area contributed by atoms with Crippen molar-refractivity contribution in [3.05, 3.63) is 84.2 Å². The monoisotopic (exact) mass is 360 g/mol. The normalized spacial score (nSPS) is 10.7. The maximum atomic E-state index is 12.9. The molecule has 3 rings (SSSR count). The molecule has 0 atom stereocenters.